The molecule has 3 aromatic rings. The predicted octanol–water partition coefficient (Wildman–Crippen LogP) is 3.23. The van der Waals surface area contributed by atoms with E-state index in [1.54, 1.807) is 25.1 Å². The second-order valence-corrected chi connectivity index (χ2v) is 7.08. The minimum atomic E-state index is -0.293. The van der Waals surface area contributed by atoms with Crippen LogP contribution in [-0.2, 0) is 11.3 Å². The van der Waals surface area contributed by atoms with E-state index in [1.165, 1.54) is 10.6 Å². The number of nitrogens with zero attached hydrogens (tertiary/aromatic N) is 4. The zero-order valence-corrected chi connectivity index (χ0v) is 17.1. The van der Waals surface area contributed by atoms with Crippen molar-refractivity contribution >= 4 is 28.3 Å². The molecule has 0 saturated carbocycles. The van der Waals surface area contributed by atoms with E-state index in [0.29, 0.717) is 66.7 Å². The molecule has 1 aromatic heterocycles. The Labute approximate surface area is 173 Å². The maximum absolute atomic E-state index is 14.7. The first-order chi connectivity index (χ1) is 14.6. The van der Waals surface area contributed by atoms with Crippen molar-refractivity contribution < 1.29 is 9.13 Å². The lowest BCUT2D eigenvalue weighted by Gasteiger charge is -2.29. The highest BCUT2D eigenvalue weighted by Gasteiger charge is 2.16. The van der Waals surface area contributed by atoms with Crippen LogP contribution in [-0.4, -0.2) is 41.6 Å². The van der Waals surface area contributed by atoms with Crippen LogP contribution in [0.5, 0.6) is 0 Å². The molecule has 1 fully saturated rings. The van der Waals surface area contributed by atoms with Crippen LogP contribution >= 0.6 is 0 Å². The molecule has 0 atom stereocenters. The van der Waals surface area contributed by atoms with Gasteiger partial charge >= 0.3 is 0 Å². The molecule has 4 rings (SSSR count). The second kappa shape index (κ2) is 8.62. The normalized spacial score (nSPS) is 14.9. The van der Waals surface area contributed by atoms with Gasteiger partial charge in [0, 0.05) is 25.2 Å². The molecule has 2 heterocycles. The molecule has 0 unspecified atom stereocenters. The van der Waals surface area contributed by atoms with Gasteiger partial charge in [0.05, 0.1) is 35.5 Å². The SMILES string of the molecule is CCn1c(N/N=C(/C)c2ccc(N3CCOCC3)c(F)c2)nc2ccccc2c1=O. The zero-order chi connectivity index (χ0) is 21.1. The summed E-state index contributed by atoms with van der Waals surface area (Å²) in [5.74, 6) is 0.0594. The summed E-state index contributed by atoms with van der Waals surface area (Å²) in [6, 6.07) is 12.3. The topological polar surface area (TPSA) is 71.8 Å². The highest BCUT2D eigenvalue weighted by Crippen LogP contribution is 2.22. The van der Waals surface area contributed by atoms with E-state index in [-0.39, 0.29) is 11.4 Å². The summed E-state index contributed by atoms with van der Waals surface area (Å²) in [4.78, 5) is 19.2. The summed E-state index contributed by atoms with van der Waals surface area (Å²) in [5, 5.41) is 4.91. The Balaban J connectivity index is 1.60. The average molecular weight is 409 g/mol. The number of hydrogen-bond acceptors (Lipinski definition) is 6. The molecular weight excluding hydrogens is 385 g/mol. The van der Waals surface area contributed by atoms with E-state index in [0.717, 1.165) is 0 Å². The summed E-state index contributed by atoms with van der Waals surface area (Å²) in [6.45, 7) is 6.66. The number of aromatic nitrogens is 2. The van der Waals surface area contributed by atoms with E-state index in [1.807, 2.05) is 30.0 Å². The van der Waals surface area contributed by atoms with Crippen LogP contribution in [0, 0.1) is 5.82 Å². The van der Waals surface area contributed by atoms with Crippen molar-refractivity contribution in [2.24, 2.45) is 5.10 Å². The summed E-state index contributed by atoms with van der Waals surface area (Å²) in [6.07, 6.45) is 0. The molecule has 0 bridgehead atoms. The Bertz CT molecular complexity index is 1150. The maximum atomic E-state index is 14.7. The number of nitrogens with one attached hydrogen (secondary N) is 1. The van der Waals surface area contributed by atoms with Gasteiger partial charge in [0.1, 0.15) is 5.82 Å². The van der Waals surface area contributed by atoms with Gasteiger partial charge in [-0.15, -0.1) is 0 Å². The van der Waals surface area contributed by atoms with Gasteiger partial charge in [-0.3, -0.25) is 9.36 Å². The van der Waals surface area contributed by atoms with Gasteiger partial charge < -0.3 is 9.64 Å². The van der Waals surface area contributed by atoms with Crippen LogP contribution in [0.15, 0.2) is 52.4 Å². The fourth-order valence-corrected chi connectivity index (χ4v) is 3.54. The summed E-state index contributed by atoms with van der Waals surface area (Å²) >= 11 is 0. The number of para-hydroxylation sites is 1. The fourth-order valence-electron chi connectivity index (χ4n) is 3.54. The molecule has 30 heavy (non-hydrogen) atoms. The van der Waals surface area contributed by atoms with E-state index in [2.05, 4.69) is 15.5 Å². The average Bonchev–Trinajstić information content (AvgIpc) is 2.78. The Morgan fingerprint density at radius 2 is 2.00 bits per heavy atom. The van der Waals surface area contributed by atoms with Crippen LogP contribution in [0.25, 0.3) is 10.9 Å². The minimum Gasteiger partial charge on any atom is -0.378 e. The second-order valence-electron chi connectivity index (χ2n) is 7.08. The number of morpholine rings is 1. The van der Waals surface area contributed by atoms with E-state index in [9.17, 15) is 9.18 Å². The number of fused-ring (bicyclic) bond motifs is 1. The van der Waals surface area contributed by atoms with Crippen LogP contribution in [0.1, 0.15) is 19.4 Å². The lowest BCUT2D eigenvalue weighted by molar-refractivity contribution is 0.122. The largest absolute Gasteiger partial charge is 0.378 e. The minimum absolute atomic E-state index is 0.126. The molecule has 1 aliphatic rings. The highest BCUT2D eigenvalue weighted by molar-refractivity contribution is 5.99. The van der Waals surface area contributed by atoms with Crippen molar-refractivity contribution in [1.82, 2.24) is 9.55 Å². The number of anilines is 2. The first-order valence-corrected chi connectivity index (χ1v) is 10.0. The lowest BCUT2D eigenvalue weighted by Crippen LogP contribution is -2.36. The van der Waals surface area contributed by atoms with Crippen molar-refractivity contribution in [3.8, 4) is 0 Å². The molecular formula is C22H24FN5O2. The van der Waals surface area contributed by atoms with Crippen molar-refractivity contribution in [2.75, 3.05) is 36.6 Å². The third-order valence-corrected chi connectivity index (χ3v) is 5.22. The predicted molar refractivity (Wildman–Crippen MR) is 117 cm³/mol. The first kappa shape index (κ1) is 20.0. The molecule has 8 heteroatoms. The molecule has 1 N–H and O–H groups in total. The van der Waals surface area contributed by atoms with Crippen LogP contribution in [0.3, 0.4) is 0 Å². The first-order valence-electron chi connectivity index (χ1n) is 10.0. The maximum Gasteiger partial charge on any atom is 0.262 e. The van der Waals surface area contributed by atoms with Gasteiger partial charge in [-0.25, -0.2) is 14.8 Å². The quantitative estimate of drug-likeness (QED) is 0.518. The van der Waals surface area contributed by atoms with Crippen LogP contribution in [0.2, 0.25) is 0 Å². The molecule has 2 aromatic carbocycles. The van der Waals surface area contributed by atoms with Gasteiger partial charge in [-0.1, -0.05) is 18.2 Å². The van der Waals surface area contributed by atoms with Crippen LogP contribution in [0.4, 0.5) is 16.0 Å². The molecule has 156 valence electrons. The van der Waals surface area contributed by atoms with Crippen molar-refractivity contribution in [1.29, 1.82) is 0 Å². The monoisotopic (exact) mass is 409 g/mol. The number of benzene rings is 2. The molecule has 7 nitrogen and oxygen atoms in total. The Morgan fingerprint density at radius 1 is 1.23 bits per heavy atom. The van der Waals surface area contributed by atoms with E-state index in [4.69, 9.17) is 4.74 Å². The van der Waals surface area contributed by atoms with E-state index < -0.39 is 0 Å². The summed E-state index contributed by atoms with van der Waals surface area (Å²) < 4.78 is 21.5. The Morgan fingerprint density at radius 3 is 2.73 bits per heavy atom. The number of rotatable bonds is 5. The van der Waals surface area contributed by atoms with Crippen molar-refractivity contribution in [2.45, 2.75) is 20.4 Å². The Kier molecular flexibility index (Phi) is 5.76. The fraction of sp³-hybridized carbons (Fsp3) is 0.318. The number of ether oxygens (including phenoxy) is 1. The zero-order valence-electron chi connectivity index (χ0n) is 17.1. The van der Waals surface area contributed by atoms with Gasteiger partial charge in [-0.2, -0.15) is 5.10 Å². The van der Waals surface area contributed by atoms with Gasteiger partial charge in [0.15, 0.2) is 0 Å². The summed E-state index contributed by atoms with van der Waals surface area (Å²) in [5.41, 5.74) is 5.17. The molecule has 0 radical (unpaired) electrons. The van der Waals surface area contributed by atoms with Gasteiger partial charge in [-0.05, 0) is 38.1 Å². The molecule has 1 aliphatic heterocycles. The molecule has 0 aliphatic carbocycles. The number of hydrazone groups is 1. The van der Waals surface area contributed by atoms with Crippen molar-refractivity contribution in [3.63, 3.8) is 0 Å². The van der Waals surface area contributed by atoms with Gasteiger partial charge in [0.25, 0.3) is 5.56 Å². The van der Waals surface area contributed by atoms with Crippen molar-refractivity contribution in [3.05, 3.63) is 64.2 Å². The molecule has 0 spiro atoms. The standard InChI is InChI=1S/C22H24FN5O2/c1-3-28-21(29)17-6-4-5-7-19(17)24-22(28)26-25-15(2)16-8-9-20(18(23)14-16)27-10-12-30-13-11-27/h4-9,14H,3,10-13H2,1-2H3,(H,24,26)/b25-15-. The smallest absolute Gasteiger partial charge is 0.262 e. The van der Waals surface area contributed by atoms with E-state index >= 15 is 0 Å². The van der Waals surface area contributed by atoms with Crippen LogP contribution < -0.4 is 15.9 Å². The number of hydrogen-bond donors (Lipinski definition) is 1. The number of halogens is 1. The third kappa shape index (κ3) is 3.91. The highest BCUT2D eigenvalue weighted by atomic mass is 19.1. The molecule has 0 amide bonds. The Hall–Kier alpha value is -3.26. The lowest BCUT2D eigenvalue weighted by atomic mass is 10.1. The molecule has 1 saturated heterocycles. The third-order valence-electron chi connectivity index (χ3n) is 5.22. The summed E-state index contributed by atoms with van der Waals surface area (Å²) in [7, 11) is 0. The van der Waals surface area contributed by atoms with Gasteiger partial charge in [0.2, 0.25) is 5.95 Å².